The van der Waals surface area contributed by atoms with Crippen molar-refractivity contribution in [1.29, 1.82) is 5.26 Å². The van der Waals surface area contributed by atoms with Crippen LogP contribution in [0.25, 0.3) is 11.3 Å². The molecule has 2 aromatic heterocycles. The second kappa shape index (κ2) is 6.59. The third-order valence-electron chi connectivity index (χ3n) is 3.31. The second-order valence-electron chi connectivity index (χ2n) is 4.96. The molecule has 3 rings (SSSR count). The number of H-pyrrole nitrogens is 1. The molecule has 9 heteroatoms. The molecule has 0 bridgehead atoms. The van der Waals surface area contributed by atoms with Gasteiger partial charge in [0.25, 0.3) is 11.8 Å². The van der Waals surface area contributed by atoms with E-state index in [1.807, 2.05) is 6.07 Å². The van der Waals surface area contributed by atoms with Crippen molar-refractivity contribution in [3.05, 3.63) is 59.8 Å². The van der Waals surface area contributed by atoms with Gasteiger partial charge in [-0.2, -0.15) is 10.4 Å². The molecule has 3 aromatic rings. The van der Waals surface area contributed by atoms with E-state index in [9.17, 15) is 9.59 Å². The van der Waals surface area contributed by atoms with E-state index in [1.54, 1.807) is 24.3 Å². The zero-order chi connectivity index (χ0) is 17.8. The summed E-state index contributed by atoms with van der Waals surface area (Å²) >= 11 is 0. The van der Waals surface area contributed by atoms with Gasteiger partial charge in [-0.15, -0.1) is 0 Å². The number of primary amides is 1. The third kappa shape index (κ3) is 3.32. The minimum atomic E-state index is -0.745. The molecule has 9 nitrogen and oxygen atoms in total. The minimum Gasteiger partial charge on any atom is -0.364 e. The van der Waals surface area contributed by atoms with Gasteiger partial charge in [0, 0.05) is 5.56 Å². The zero-order valence-electron chi connectivity index (χ0n) is 12.7. The number of anilines is 1. The molecule has 4 N–H and O–H groups in total. The lowest BCUT2D eigenvalue weighted by Crippen LogP contribution is -2.18. The molecule has 1 aromatic carbocycles. The normalized spacial score (nSPS) is 10.0. The van der Waals surface area contributed by atoms with Crippen molar-refractivity contribution in [2.45, 2.75) is 0 Å². The monoisotopic (exact) mass is 333 g/mol. The molecule has 0 spiro atoms. The molecule has 0 saturated carbocycles. The van der Waals surface area contributed by atoms with Gasteiger partial charge in [-0.05, 0) is 12.1 Å². The summed E-state index contributed by atoms with van der Waals surface area (Å²) in [6, 6.07) is 8.75. The quantitative estimate of drug-likeness (QED) is 0.650. The van der Waals surface area contributed by atoms with Crippen LogP contribution < -0.4 is 11.1 Å². The van der Waals surface area contributed by atoms with Crippen molar-refractivity contribution in [3.63, 3.8) is 0 Å². The molecule has 0 aliphatic heterocycles. The summed E-state index contributed by atoms with van der Waals surface area (Å²) in [7, 11) is 0. The minimum absolute atomic E-state index is 0.00967. The fourth-order valence-electron chi connectivity index (χ4n) is 2.09. The predicted molar refractivity (Wildman–Crippen MR) is 87.2 cm³/mol. The molecular formula is C16H11N7O2. The lowest BCUT2D eigenvalue weighted by molar-refractivity contribution is 0.0996. The Bertz CT molecular complexity index is 986. The summed E-state index contributed by atoms with van der Waals surface area (Å²) in [5.41, 5.74) is 7.09. The number of carbonyl (C=O) groups excluding carboxylic acids is 2. The van der Waals surface area contributed by atoms with Crippen molar-refractivity contribution < 1.29 is 9.59 Å². The number of amides is 2. The lowest BCUT2D eigenvalue weighted by Gasteiger charge is -2.05. The van der Waals surface area contributed by atoms with Gasteiger partial charge in [-0.1, -0.05) is 12.1 Å². The maximum absolute atomic E-state index is 12.3. The number of aromatic amines is 1. The number of nitrogens with one attached hydrogen (secondary N) is 2. The second-order valence-corrected chi connectivity index (χ2v) is 4.96. The topological polar surface area (TPSA) is 150 Å². The highest BCUT2D eigenvalue weighted by molar-refractivity contribution is 6.07. The van der Waals surface area contributed by atoms with Crippen LogP contribution in [0.5, 0.6) is 0 Å². The molecule has 2 amide bonds. The zero-order valence-corrected chi connectivity index (χ0v) is 12.7. The first-order valence-corrected chi connectivity index (χ1v) is 7.05. The van der Waals surface area contributed by atoms with E-state index in [1.165, 1.54) is 18.6 Å². The number of hydrogen-bond donors (Lipinski definition) is 3. The first-order valence-electron chi connectivity index (χ1n) is 7.05. The van der Waals surface area contributed by atoms with Crippen LogP contribution in [0.15, 0.2) is 42.9 Å². The Hall–Kier alpha value is -4.06. The summed E-state index contributed by atoms with van der Waals surface area (Å²) in [6.07, 6.45) is 4.08. The SMILES string of the molecule is N#Cc1ccc(-c2cncc(C(=O)Nc3cn[nH]c3C(N)=O)n2)cc1. The largest absolute Gasteiger partial charge is 0.364 e. The summed E-state index contributed by atoms with van der Waals surface area (Å²) < 4.78 is 0. The number of nitrogens with two attached hydrogens (primary N) is 1. The van der Waals surface area contributed by atoms with E-state index in [0.717, 1.165) is 0 Å². The van der Waals surface area contributed by atoms with E-state index < -0.39 is 11.8 Å². The Morgan fingerprint density at radius 1 is 1.16 bits per heavy atom. The van der Waals surface area contributed by atoms with Crippen molar-refractivity contribution in [3.8, 4) is 17.3 Å². The van der Waals surface area contributed by atoms with Crippen LogP contribution in [0.3, 0.4) is 0 Å². The number of benzene rings is 1. The molecule has 0 saturated heterocycles. The molecule has 0 aliphatic rings. The van der Waals surface area contributed by atoms with Crippen molar-refractivity contribution in [2.75, 3.05) is 5.32 Å². The number of nitrogens with zero attached hydrogens (tertiary/aromatic N) is 4. The van der Waals surface area contributed by atoms with Crippen molar-refractivity contribution in [2.24, 2.45) is 5.73 Å². The highest BCUT2D eigenvalue weighted by Gasteiger charge is 2.16. The summed E-state index contributed by atoms with van der Waals surface area (Å²) in [4.78, 5) is 31.8. The van der Waals surface area contributed by atoms with Crippen molar-refractivity contribution in [1.82, 2.24) is 20.2 Å². The highest BCUT2D eigenvalue weighted by Crippen LogP contribution is 2.18. The standard InChI is InChI=1S/C16H11N7O2/c17-5-9-1-3-10(4-2-9)11-6-19-7-13(21-11)16(25)22-12-8-20-23-14(12)15(18)24/h1-4,6-8H,(H2,18,24)(H,20,23)(H,22,25). The average Bonchev–Trinajstić information content (AvgIpc) is 3.10. The smallest absolute Gasteiger partial charge is 0.275 e. The Balaban J connectivity index is 1.85. The average molecular weight is 333 g/mol. The van der Waals surface area contributed by atoms with E-state index in [0.29, 0.717) is 16.8 Å². The Labute approximate surface area is 141 Å². The molecule has 122 valence electrons. The predicted octanol–water partition coefficient (Wildman–Crippen LogP) is 1.09. The van der Waals surface area contributed by atoms with Crippen LogP contribution >= 0.6 is 0 Å². The Morgan fingerprint density at radius 3 is 2.60 bits per heavy atom. The lowest BCUT2D eigenvalue weighted by atomic mass is 10.1. The van der Waals surface area contributed by atoms with Gasteiger partial charge in [-0.25, -0.2) is 4.98 Å². The van der Waals surface area contributed by atoms with Gasteiger partial charge in [0.15, 0.2) is 0 Å². The number of carbonyl (C=O) groups is 2. The van der Waals surface area contributed by atoms with Crippen LogP contribution in [0.1, 0.15) is 26.5 Å². The van der Waals surface area contributed by atoms with E-state index in [4.69, 9.17) is 11.0 Å². The Morgan fingerprint density at radius 2 is 1.92 bits per heavy atom. The summed E-state index contributed by atoms with van der Waals surface area (Å²) in [5, 5.41) is 17.4. The van der Waals surface area contributed by atoms with Gasteiger partial charge in [0.1, 0.15) is 11.4 Å². The number of aromatic nitrogens is 4. The van der Waals surface area contributed by atoms with E-state index in [-0.39, 0.29) is 17.1 Å². The van der Waals surface area contributed by atoms with Gasteiger partial charge >= 0.3 is 0 Å². The maximum Gasteiger partial charge on any atom is 0.275 e. The molecule has 0 aliphatic carbocycles. The fraction of sp³-hybridized carbons (Fsp3) is 0. The van der Waals surface area contributed by atoms with Gasteiger partial charge in [0.2, 0.25) is 0 Å². The first-order chi connectivity index (χ1) is 12.1. The van der Waals surface area contributed by atoms with Gasteiger partial charge in [0.05, 0.1) is 41.6 Å². The van der Waals surface area contributed by atoms with E-state index >= 15 is 0 Å². The van der Waals surface area contributed by atoms with Crippen molar-refractivity contribution >= 4 is 17.5 Å². The third-order valence-corrected chi connectivity index (χ3v) is 3.31. The highest BCUT2D eigenvalue weighted by atomic mass is 16.2. The number of hydrogen-bond acceptors (Lipinski definition) is 6. The molecular weight excluding hydrogens is 322 g/mol. The van der Waals surface area contributed by atoms with Crippen LogP contribution in [-0.4, -0.2) is 32.0 Å². The number of nitriles is 1. The van der Waals surface area contributed by atoms with Gasteiger partial charge in [-0.3, -0.25) is 19.7 Å². The molecule has 0 fully saturated rings. The Kier molecular flexibility index (Phi) is 4.17. The van der Waals surface area contributed by atoms with Crippen LogP contribution in [0.4, 0.5) is 5.69 Å². The molecule has 25 heavy (non-hydrogen) atoms. The van der Waals surface area contributed by atoms with Gasteiger partial charge < -0.3 is 11.1 Å². The molecule has 0 unspecified atom stereocenters. The molecule has 0 atom stereocenters. The van der Waals surface area contributed by atoms with E-state index in [2.05, 4.69) is 25.5 Å². The van der Waals surface area contributed by atoms with Crippen LogP contribution in [-0.2, 0) is 0 Å². The summed E-state index contributed by atoms with van der Waals surface area (Å²) in [5.74, 6) is -1.31. The molecule has 0 radical (unpaired) electrons. The molecule has 2 heterocycles. The maximum atomic E-state index is 12.3. The van der Waals surface area contributed by atoms with Crippen LogP contribution in [0, 0.1) is 11.3 Å². The summed E-state index contributed by atoms with van der Waals surface area (Å²) in [6.45, 7) is 0. The number of rotatable bonds is 4. The first kappa shape index (κ1) is 15.8. The van der Waals surface area contributed by atoms with Crippen LogP contribution in [0.2, 0.25) is 0 Å². The fourth-order valence-corrected chi connectivity index (χ4v) is 2.09.